The Morgan fingerprint density at radius 1 is 1.14 bits per heavy atom. The molecule has 28 heavy (non-hydrogen) atoms. The van der Waals surface area contributed by atoms with Crippen molar-refractivity contribution in [2.45, 2.75) is 46.0 Å². The number of carbonyl (C=O) groups excluding carboxylic acids is 2. The van der Waals surface area contributed by atoms with Gasteiger partial charge in [0.25, 0.3) is 5.91 Å². The number of rotatable bonds is 5. The molecule has 2 atom stereocenters. The number of amides is 2. The van der Waals surface area contributed by atoms with Crippen LogP contribution < -0.4 is 10.6 Å². The first kappa shape index (κ1) is 22.7. The van der Waals surface area contributed by atoms with E-state index in [0.29, 0.717) is 12.5 Å². The number of benzene rings is 1. The first-order valence-corrected chi connectivity index (χ1v) is 10.4. The fraction of sp³-hybridized carbons (Fsp3) is 0.636. The number of likely N-dealkylation sites (tertiary alicyclic amines) is 1. The standard InChI is InChI=1S/C22H33N3O2.ClH/c1-16-11-17(2)13-20(12-16)22(27)25-10-4-6-19(15-25)21(26)24-9-7-18-5-3-8-23-14-18;/h11-13,18-19,23H,3-10,14-15H2,1-2H3,(H,24,26);1H. The normalized spacial score (nSPS) is 22.3. The molecule has 1 aromatic carbocycles. The van der Waals surface area contributed by atoms with Crippen LogP contribution in [0.15, 0.2) is 18.2 Å². The third-order valence-corrected chi connectivity index (χ3v) is 5.80. The zero-order valence-corrected chi connectivity index (χ0v) is 17.9. The molecule has 2 unspecified atom stereocenters. The molecule has 5 nitrogen and oxygen atoms in total. The van der Waals surface area contributed by atoms with E-state index >= 15 is 0 Å². The number of hydrogen-bond donors (Lipinski definition) is 2. The summed E-state index contributed by atoms with van der Waals surface area (Å²) >= 11 is 0. The van der Waals surface area contributed by atoms with E-state index in [2.05, 4.69) is 16.7 Å². The molecular weight excluding hydrogens is 374 g/mol. The summed E-state index contributed by atoms with van der Waals surface area (Å²) in [6, 6.07) is 5.96. The second-order valence-corrected chi connectivity index (χ2v) is 8.26. The molecule has 3 rings (SSSR count). The summed E-state index contributed by atoms with van der Waals surface area (Å²) in [6.45, 7) is 8.22. The number of aryl methyl sites for hydroxylation is 2. The van der Waals surface area contributed by atoms with Crippen LogP contribution in [0.25, 0.3) is 0 Å². The molecule has 2 amide bonds. The van der Waals surface area contributed by atoms with E-state index in [-0.39, 0.29) is 30.1 Å². The quantitative estimate of drug-likeness (QED) is 0.788. The van der Waals surface area contributed by atoms with E-state index in [1.54, 1.807) is 0 Å². The minimum absolute atomic E-state index is 0. The van der Waals surface area contributed by atoms with Crippen molar-refractivity contribution in [2.24, 2.45) is 11.8 Å². The van der Waals surface area contributed by atoms with Gasteiger partial charge in [0, 0.05) is 25.2 Å². The van der Waals surface area contributed by atoms with E-state index in [4.69, 9.17) is 0 Å². The summed E-state index contributed by atoms with van der Waals surface area (Å²) in [6.07, 6.45) is 5.28. The van der Waals surface area contributed by atoms with Gasteiger partial charge in [-0.05, 0) is 77.1 Å². The molecule has 2 N–H and O–H groups in total. The molecule has 0 aromatic heterocycles. The molecule has 0 spiro atoms. The Bertz CT molecular complexity index is 653. The van der Waals surface area contributed by atoms with Crippen LogP contribution in [-0.4, -0.2) is 49.4 Å². The molecular formula is C22H34ClN3O2. The van der Waals surface area contributed by atoms with Gasteiger partial charge in [0.15, 0.2) is 0 Å². The summed E-state index contributed by atoms with van der Waals surface area (Å²) in [7, 11) is 0. The highest BCUT2D eigenvalue weighted by Crippen LogP contribution is 2.20. The van der Waals surface area contributed by atoms with Gasteiger partial charge in [0.05, 0.1) is 5.92 Å². The van der Waals surface area contributed by atoms with Crippen LogP contribution in [0.2, 0.25) is 0 Å². The van der Waals surface area contributed by atoms with Gasteiger partial charge < -0.3 is 15.5 Å². The molecule has 0 bridgehead atoms. The molecule has 2 fully saturated rings. The van der Waals surface area contributed by atoms with Gasteiger partial charge in [-0.3, -0.25) is 9.59 Å². The largest absolute Gasteiger partial charge is 0.356 e. The lowest BCUT2D eigenvalue weighted by molar-refractivity contribution is -0.126. The average Bonchev–Trinajstić information content (AvgIpc) is 2.67. The first-order valence-electron chi connectivity index (χ1n) is 10.4. The first-order chi connectivity index (χ1) is 13.0. The van der Waals surface area contributed by atoms with Crippen LogP contribution in [0.4, 0.5) is 0 Å². The van der Waals surface area contributed by atoms with Crippen molar-refractivity contribution in [2.75, 3.05) is 32.7 Å². The Balaban J connectivity index is 0.00000280. The molecule has 2 heterocycles. The Labute approximate surface area is 175 Å². The predicted molar refractivity (Wildman–Crippen MR) is 115 cm³/mol. The smallest absolute Gasteiger partial charge is 0.253 e. The van der Waals surface area contributed by atoms with Crippen LogP contribution in [0.3, 0.4) is 0 Å². The topological polar surface area (TPSA) is 61.4 Å². The van der Waals surface area contributed by atoms with Gasteiger partial charge in [0.1, 0.15) is 0 Å². The minimum Gasteiger partial charge on any atom is -0.356 e. The Kier molecular flexibility index (Phi) is 8.77. The van der Waals surface area contributed by atoms with Crippen LogP contribution in [0.1, 0.15) is 53.6 Å². The zero-order valence-electron chi connectivity index (χ0n) is 17.1. The van der Waals surface area contributed by atoms with E-state index in [0.717, 1.165) is 62.1 Å². The summed E-state index contributed by atoms with van der Waals surface area (Å²) in [5.74, 6) is 0.746. The SMILES string of the molecule is Cc1cc(C)cc(C(=O)N2CCCC(C(=O)NCCC3CCCNC3)C2)c1.Cl. The Hall–Kier alpha value is -1.59. The van der Waals surface area contributed by atoms with Crippen LogP contribution in [0.5, 0.6) is 0 Å². The van der Waals surface area contributed by atoms with Crippen molar-refractivity contribution in [3.63, 3.8) is 0 Å². The van der Waals surface area contributed by atoms with Gasteiger partial charge in [-0.1, -0.05) is 17.2 Å². The van der Waals surface area contributed by atoms with Gasteiger partial charge in [-0.2, -0.15) is 0 Å². The number of nitrogens with zero attached hydrogens (tertiary/aromatic N) is 1. The summed E-state index contributed by atoms with van der Waals surface area (Å²) < 4.78 is 0. The number of carbonyl (C=O) groups is 2. The van der Waals surface area contributed by atoms with Gasteiger partial charge >= 0.3 is 0 Å². The van der Waals surface area contributed by atoms with Crippen molar-refractivity contribution in [1.82, 2.24) is 15.5 Å². The van der Waals surface area contributed by atoms with Crippen molar-refractivity contribution < 1.29 is 9.59 Å². The lowest BCUT2D eigenvalue weighted by Gasteiger charge is -2.32. The van der Waals surface area contributed by atoms with Crippen LogP contribution in [-0.2, 0) is 4.79 Å². The van der Waals surface area contributed by atoms with E-state index in [1.165, 1.54) is 12.8 Å². The number of halogens is 1. The van der Waals surface area contributed by atoms with Gasteiger partial charge in [-0.15, -0.1) is 12.4 Å². The second kappa shape index (κ2) is 10.8. The van der Waals surface area contributed by atoms with Gasteiger partial charge in [0.2, 0.25) is 5.91 Å². The van der Waals surface area contributed by atoms with Crippen LogP contribution in [0, 0.1) is 25.7 Å². The predicted octanol–water partition coefficient (Wildman–Crippen LogP) is 3.08. The lowest BCUT2D eigenvalue weighted by atomic mass is 9.94. The van der Waals surface area contributed by atoms with E-state index < -0.39 is 0 Å². The van der Waals surface area contributed by atoms with Crippen molar-refractivity contribution in [3.05, 3.63) is 34.9 Å². The maximum Gasteiger partial charge on any atom is 0.253 e. The third kappa shape index (κ3) is 6.21. The summed E-state index contributed by atoms with van der Waals surface area (Å²) in [4.78, 5) is 27.3. The molecule has 0 saturated carbocycles. The molecule has 1 aromatic rings. The molecule has 2 aliphatic heterocycles. The van der Waals surface area contributed by atoms with Crippen molar-refractivity contribution >= 4 is 24.2 Å². The molecule has 2 saturated heterocycles. The maximum atomic E-state index is 12.9. The highest BCUT2D eigenvalue weighted by atomic mass is 35.5. The molecule has 156 valence electrons. The monoisotopic (exact) mass is 407 g/mol. The number of nitrogens with one attached hydrogen (secondary N) is 2. The van der Waals surface area contributed by atoms with E-state index in [1.807, 2.05) is 30.9 Å². The molecule has 2 aliphatic rings. The van der Waals surface area contributed by atoms with Crippen LogP contribution >= 0.6 is 12.4 Å². The number of piperidine rings is 2. The Morgan fingerprint density at radius 3 is 2.57 bits per heavy atom. The zero-order chi connectivity index (χ0) is 19.2. The third-order valence-electron chi connectivity index (χ3n) is 5.80. The Morgan fingerprint density at radius 2 is 1.89 bits per heavy atom. The second-order valence-electron chi connectivity index (χ2n) is 8.26. The molecule has 0 radical (unpaired) electrons. The highest BCUT2D eigenvalue weighted by Gasteiger charge is 2.29. The fourth-order valence-corrected chi connectivity index (χ4v) is 4.37. The van der Waals surface area contributed by atoms with Gasteiger partial charge in [-0.25, -0.2) is 0 Å². The lowest BCUT2D eigenvalue weighted by Crippen LogP contribution is -2.46. The van der Waals surface area contributed by atoms with E-state index in [9.17, 15) is 9.59 Å². The molecule has 0 aliphatic carbocycles. The minimum atomic E-state index is -0.0851. The highest BCUT2D eigenvalue weighted by molar-refractivity contribution is 5.95. The fourth-order valence-electron chi connectivity index (χ4n) is 4.37. The summed E-state index contributed by atoms with van der Waals surface area (Å²) in [5.41, 5.74) is 2.93. The molecule has 6 heteroatoms. The number of hydrogen-bond acceptors (Lipinski definition) is 3. The van der Waals surface area contributed by atoms with Crippen molar-refractivity contribution in [3.8, 4) is 0 Å². The average molecular weight is 408 g/mol. The van der Waals surface area contributed by atoms with Crippen molar-refractivity contribution in [1.29, 1.82) is 0 Å². The summed E-state index contributed by atoms with van der Waals surface area (Å²) in [5, 5.41) is 6.53. The maximum absolute atomic E-state index is 12.9.